The molecule has 0 unspecified atom stereocenters. The Morgan fingerprint density at radius 3 is 2.57 bits per heavy atom. The zero-order valence-electron chi connectivity index (χ0n) is 18.2. The van der Waals surface area contributed by atoms with Crippen LogP contribution in [0.1, 0.15) is 15.9 Å². The third-order valence-electron chi connectivity index (χ3n) is 4.92. The second kappa shape index (κ2) is 10.5. The highest BCUT2D eigenvalue weighted by Crippen LogP contribution is 2.27. The highest BCUT2D eigenvalue weighted by Gasteiger charge is 2.11. The fraction of sp³-hybridized carbons (Fsp3) is 0.0417. The van der Waals surface area contributed by atoms with Crippen molar-refractivity contribution < 1.29 is 23.9 Å². The number of nitrogens with one attached hydrogen (secondary N) is 4. The van der Waals surface area contributed by atoms with Crippen molar-refractivity contribution in [3.05, 3.63) is 90.0 Å². The van der Waals surface area contributed by atoms with Gasteiger partial charge in [-0.15, -0.1) is 0 Å². The quantitative estimate of drug-likeness (QED) is 0.173. The summed E-state index contributed by atoms with van der Waals surface area (Å²) in [7, 11) is 0. The second-order valence-electron chi connectivity index (χ2n) is 7.34. The van der Waals surface area contributed by atoms with Crippen LogP contribution in [0.2, 0.25) is 0 Å². The molecule has 2 aromatic carbocycles. The number of ether oxygens (including phenoxy) is 1. The number of anilines is 2. The topological polar surface area (TPSA) is 154 Å². The maximum atomic E-state index is 13.9. The van der Waals surface area contributed by atoms with Gasteiger partial charge in [0, 0.05) is 30.7 Å². The van der Waals surface area contributed by atoms with Crippen LogP contribution < -0.4 is 26.6 Å². The van der Waals surface area contributed by atoms with Crippen molar-refractivity contribution in [3.63, 3.8) is 0 Å². The van der Waals surface area contributed by atoms with Crippen molar-refractivity contribution in [2.24, 2.45) is 5.73 Å². The number of urea groups is 1. The molecule has 3 amide bonds. The van der Waals surface area contributed by atoms with E-state index in [0.717, 1.165) is 0 Å². The van der Waals surface area contributed by atoms with Gasteiger partial charge >= 0.3 is 6.03 Å². The molecular formula is C24H21FN6O4. The van der Waals surface area contributed by atoms with Gasteiger partial charge in [-0.1, -0.05) is 6.07 Å². The first-order chi connectivity index (χ1) is 16.9. The highest BCUT2D eigenvalue weighted by atomic mass is 19.1. The molecule has 0 spiro atoms. The molecule has 178 valence electrons. The lowest BCUT2D eigenvalue weighted by molar-refractivity contribution is 0.0706. The number of rotatable bonds is 7. The Labute approximate surface area is 198 Å². The van der Waals surface area contributed by atoms with E-state index in [1.54, 1.807) is 60.2 Å². The van der Waals surface area contributed by atoms with Crippen LogP contribution in [0.3, 0.4) is 0 Å². The van der Waals surface area contributed by atoms with Crippen LogP contribution >= 0.6 is 0 Å². The summed E-state index contributed by atoms with van der Waals surface area (Å²) < 4.78 is 19.8. The van der Waals surface area contributed by atoms with Crippen molar-refractivity contribution in [1.82, 2.24) is 15.4 Å². The molecule has 0 radical (unpaired) electrons. The zero-order valence-corrected chi connectivity index (χ0v) is 18.2. The maximum Gasteiger partial charge on any atom is 0.323 e. The lowest BCUT2D eigenvalue weighted by Gasteiger charge is -2.11. The summed E-state index contributed by atoms with van der Waals surface area (Å²) in [5.41, 5.74) is 9.66. The molecule has 4 aromatic rings. The van der Waals surface area contributed by atoms with Gasteiger partial charge < -0.3 is 26.1 Å². The first-order valence-corrected chi connectivity index (χ1v) is 10.4. The van der Waals surface area contributed by atoms with Gasteiger partial charge in [0.2, 0.25) is 0 Å². The molecule has 0 bridgehead atoms. The molecule has 11 heteroatoms. The van der Waals surface area contributed by atoms with Crippen LogP contribution in [0.4, 0.5) is 20.6 Å². The number of hydroxylamine groups is 1. The number of halogens is 1. The molecule has 0 saturated heterocycles. The molecule has 0 fully saturated rings. The Hall–Kier alpha value is -4.74. The Morgan fingerprint density at radius 1 is 1.03 bits per heavy atom. The molecule has 10 nitrogen and oxygen atoms in total. The van der Waals surface area contributed by atoms with E-state index in [1.807, 2.05) is 0 Å². The molecule has 0 atom stereocenters. The standard InChI is InChI=1S/C24H21FN6O4/c25-19-6-1-14(12-26)9-20(19)30-24(33)29-16-2-4-17(5-3-16)35-18-7-8-27-22(11-18)21-10-15(13-28-21)23(32)31-34/h1-11,13,28,34H,12,26H2,(H,31,32)(H2,29,30,33). The van der Waals surface area contributed by atoms with Gasteiger partial charge in [-0.05, 0) is 54.1 Å². The van der Waals surface area contributed by atoms with Crippen LogP contribution in [0.5, 0.6) is 11.5 Å². The van der Waals surface area contributed by atoms with Crippen molar-refractivity contribution >= 4 is 23.3 Å². The number of pyridine rings is 1. The van der Waals surface area contributed by atoms with Gasteiger partial charge in [0.1, 0.15) is 17.3 Å². The normalized spacial score (nSPS) is 10.5. The Bertz CT molecular complexity index is 1360. The number of aromatic nitrogens is 2. The summed E-state index contributed by atoms with van der Waals surface area (Å²) in [6.45, 7) is 0.226. The monoisotopic (exact) mass is 476 g/mol. The molecule has 35 heavy (non-hydrogen) atoms. The SMILES string of the molecule is NCc1ccc(F)c(NC(=O)Nc2ccc(Oc3ccnc(-c4cc(C(=O)NO)c[nH]4)c3)cc2)c1. The number of hydrogen-bond acceptors (Lipinski definition) is 6. The molecular weight excluding hydrogens is 455 g/mol. The maximum absolute atomic E-state index is 13.9. The third-order valence-corrected chi connectivity index (χ3v) is 4.92. The van der Waals surface area contributed by atoms with Crippen molar-refractivity contribution in [2.45, 2.75) is 6.54 Å². The van der Waals surface area contributed by atoms with Gasteiger partial charge in [-0.3, -0.25) is 15.0 Å². The van der Waals surface area contributed by atoms with Crippen LogP contribution in [0.15, 0.2) is 73.1 Å². The molecule has 0 saturated carbocycles. The van der Waals surface area contributed by atoms with E-state index in [2.05, 4.69) is 20.6 Å². The number of nitrogens with zero attached hydrogens (tertiary/aromatic N) is 1. The Balaban J connectivity index is 1.39. The number of aromatic amines is 1. The van der Waals surface area contributed by atoms with E-state index in [1.165, 1.54) is 18.3 Å². The summed E-state index contributed by atoms with van der Waals surface area (Å²) in [6.07, 6.45) is 3.00. The lowest BCUT2D eigenvalue weighted by atomic mass is 10.2. The number of H-pyrrole nitrogens is 1. The fourth-order valence-electron chi connectivity index (χ4n) is 3.18. The first-order valence-electron chi connectivity index (χ1n) is 10.4. The number of hydrogen-bond donors (Lipinski definition) is 6. The summed E-state index contributed by atoms with van der Waals surface area (Å²) in [5.74, 6) is -0.213. The number of amides is 3. The third kappa shape index (κ3) is 5.79. The van der Waals surface area contributed by atoms with Crippen molar-refractivity contribution in [2.75, 3.05) is 10.6 Å². The van der Waals surface area contributed by atoms with E-state index in [9.17, 15) is 14.0 Å². The highest BCUT2D eigenvalue weighted by molar-refractivity contribution is 5.99. The minimum atomic E-state index is -0.642. The molecule has 0 aliphatic rings. The molecule has 2 heterocycles. The summed E-state index contributed by atoms with van der Waals surface area (Å²) >= 11 is 0. The average molecular weight is 476 g/mol. The number of benzene rings is 2. The predicted molar refractivity (Wildman–Crippen MR) is 127 cm³/mol. The first kappa shape index (κ1) is 23.4. The van der Waals surface area contributed by atoms with Crippen LogP contribution in [-0.4, -0.2) is 27.1 Å². The molecule has 0 aliphatic carbocycles. The minimum absolute atomic E-state index is 0.0325. The van der Waals surface area contributed by atoms with Gasteiger partial charge in [-0.25, -0.2) is 14.7 Å². The smallest absolute Gasteiger partial charge is 0.323 e. The summed E-state index contributed by atoms with van der Waals surface area (Å²) in [5, 5.41) is 13.8. The molecule has 0 aliphatic heterocycles. The molecule has 2 aromatic heterocycles. The second-order valence-corrected chi connectivity index (χ2v) is 7.34. The van der Waals surface area contributed by atoms with E-state index >= 15 is 0 Å². The van der Waals surface area contributed by atoms with E-state index < -0.39 is 17.8 Å². The minimum Gasteiger partial charge on any atom is -0.457 e. The number of carbonyl (C=O) groups is 2. The van der Waals surface area contributed by atoms with E-state index in [0.29, 0.717) is 34.1 Å². The molecule has 4 rings (SSSR count). The number of carbonyl (C=O) groups excluding carboxylic acids is 2. The van der Waals surface area contributed by atoms with Crippen LogP contribution in [0.25, 0.3) is 11.4 Å². The Morgan fingerprint density at radius 2 is 1.83 bits per heavy atom. The van der Waals surface area contributed by atoms with Crippen LogP contribution in [-0.2, 0) is 6.54 Å². The largest absolute Gasteiger partial charge is 0.457 e. The predicted octanol–water partition coefficient (Wildman–Crippen LogP) is 4.23. The zero-order chi connectivity index (χ0) is 24.8. The summed E-state index contributed by atoms with van der Waals surface area (Å²) in [4.78, 5) is 30.9. The van der Waals surface area contributed by atoms with Gasteiger partial charge in [0.25, 0.3) is 5.91 Å². The summed E-state index contributed by atoms with van der Waals surface area (Å²) in [6, 6.07) is 15.1. The van der Waals surface area contributed by atoms with Gasteiger partial charge in [-0.2, -0.15) is 0 Å². The lowest BCUT2D eigenvalue weighted by Crippen LogP contribution is -2.20. The van der Waals surface area contributed by atoms with Gasteiger partial charge in [0.05, 0.1) is 22.6 Å². The van der Waals surface area contributed by atoms with E-state index in [4.69, 9.17) is 15.7 Å². The number of nitrogens with two attached hydrogens (primary N) is 1. The van der Waals surface area contributed by atoms with Gasteiger partial charge in [0.15, 0.2) is 0 Å². The fourth-order valence-corrected chi connectivity index (χ4v) is 3.18. The van der Waals surface area contributed by atoms with E-state index in [-0.39, 0.29) is 17.8 Å². The average Bonchev–Trinajstić information content (AvgIpc) is 3.37. The van der Waals surface area contributed by atoms with Crippen molar-refractivity contribution in [1.29, 1.82) is 0 Å². The Kier molecular flexibility index (Phi) is 7.00. The van der Waals surface area contributed by atoms with Crippen LogP contribution in [0, 0.1) is 5.82 Å². The molecule has 7 N–H and O–H groups in total. The van der Waals surface area contributed by atoms with Crippen molar-refractivity contribution in [3.8, 4) is 22.9 Å².